The first kappa shape index (κ1) is 9.95. The van der Waals surface area contributed by atoms with E-state index in [0.717, 1.165) is 4.68 Å². The lowest BCUT2D eigenvalue weighted by Gasteiger charge is -1.98. The standard InChI is InChI=1S/C9H8ClN3O2/c10-6-2-1-3-7(4-6)13-9(15)11-8(5-14)12-13/h1-4,14H,5H2,(H,11,12,15). The molecule has 0 spiro atoms. The van der Waals surface area contributed by atoms with E-state index in [1.54, 1.807) is 24.3 Å². The molecule has 1 aromatic heterocycles. The van der Waals surface area contributed by atoms with Crippen LogP contribution < -0.4 is 5.69 Å². The van der Waals surface area contributed by atoms with Gasteiger partial charge in [-0.15, -0.1) is 5.10 Å². The number of halogens is 1. The van der Waals surface area contributed by atoms with Gasteiger partial charge in [-0.1, -0.05) is 17.7 Å². The Morgan fingerprint density at radius 2 is 2.33 bits per heavy atom. The Morgan fingerprint density at radius 1 is 1.53 bits per heavy atom. The van der Waals surface area contributed by atoms with E-state index >= 15 is 0 Å². The van der Waals surface area contributed by atoms with Gasteiger partial charge in [0.2, 0.25) is 0 Å². The van der Waals surface area contributed by atoms with Gasteiger partial charge in [-0.2, -0.15) is 4.68 Å². The topological polar surface area (TPSA) is 70.9 Å². The number of aromatic amines is 1. The van der Waals surface area contributed by atoms with Crippen LogP contribution in [0, 0.1) is 0 Å². The third kappa shape index (κ3) is 1.93. The van der Waals surface area contributed by atoms with Crippen molar-refractivity contribution in [2.45, 2.75) is 6.61 Å². The lowest BCUT2D eigenvalue weighted by atomic mass is 10.3. The maximum atomic E-state index is 11.4. The third-order valence-corrected chi connectivity index (χ3v) is 2.10. The van der Waals surface area contributed by atoms with E-state index in [2.05, 4.69) is 10.1 Å². The number of aromatic nitrogens is 3. The number of hydrogen-bond acceptors (Lipinski definition) is 3. The largest absolute Gasteiger partial charge is 0.388 e. The van der Waals surface area contributed by atoms with Gasteiger partial charge in [0.1, 0.15) is 6.61 Å². The van der Waals surface area contributed by atoms with Crippen LogP contribution in [0.2, 0.25) is 5.02 Å². The molecule has 2 aromatic rings. The van der Waals surface area contributed by atoms with Gasteiger partial charge in [-0.25, -0.2) is 4.79 Å². The molecule has 6 heteroatoms. The fourth-order valence-corrected chi connectivity index (χ4v) is 1.41. The minimum Gasteiger partial charge on any atom is -0.388 e. The van der Waals surface area contributed by atoms with Crippen molar-refractivity contribution >= 4 is 11.6 Å². The smallest absolute Gasteiger partial charge is 0.348 e. The van der Waals surface area contributed by atoms with Crippen molar-refractivity contribution in [3.63, 3.8) is 0 Å². The summed E-state index contributed by atoms with van der Waals surface area (Å²) in [6.07, 6.45) is 0. The summed E-state index contributed by atoms with van der Waals surface area (Å²) in [6, 6.07) is 6.74. The summed E-state index contributed by atoms with van der Waals surface area (Å²) in [5, 5.41) is 13.2. The van der Waals surface area contributed by atoms with Crippen LogP contribution in [-0.2, 0) is 6.61 Å². The molecule has 0 atom stereocenters. The van der Waals surface area contributed by atoms with E-state index in [-0.39, 0.29) is 12.4 Å². The molecule has 5 nitrogen and oxygen atoms in total. The molecule has 2 N–H and O–H groups in total. The first-order valence-electron chi connectivity index (χ1n) is 4.26. The van der Waals surface area contributed by atoms with E-state index in [4.69, 9.17) is 16.7 Å². The molecule has 15 heavy (non-hydrogen) atoms. The molecule has 0 amide bonds. The minimum absolute atomic E-state index is 0.222. The van der Waals surface area contributed by atoms with Crippen molar-refractivity contribution in [2.24, 2.45) is 0 Å². The zero-order valence-corrected chi connectivity index (χ0v) is 8.40. The summed E-state index contributed by atoms with van der Waals surface area (Å²) in [4.78, 5) is 13.8. The van der Waals surface area contributed by atoms with E-state index in [9.17, 15) is 4.79 Å². The van der Waals surface area contributed by atoms with E-state index in [1.807, 2.05) is 0 Å². The maximum absolute atomic E-state index is 11.4. The molecule has 0 bridgehead atoms. The number of hydrogen-bond donors (Lipinski definition) is 2. The van der Waals surface area contributed by atoms with E-state index < -0.39 is 5.69 Å². The van der Waals surface area contributed by atoms with Gasteiger partial charge in [0.15, 0.2) is 5.82 Å². The first-order chi connectivity index (χ1) is 7.20. The highest BCUT2D eigenvalue weighted by atomic mass is 35.5. The second-order valence-electron chi connectivity index (χ2n) is 2.93. The zero-order valence-electron chi connectivity index (χ0n) is 7.64. The Labute approximate surface area is 89.9 Å². The molecule has 0 unspecified atom stereocenters. The van der Waals surface area contributed by atoms with Crippen LogP contribution >= 0.6 is 11.6 Å². The summed E-state index contributed by atoms with van der Waals surface area (Å²) < 4.78 is 1.15. The summed E-state index contributed by atoms with van der Waals surface area (Å²) in [7, 11) is 0. The molecule has 0 aliphatic heterocycles. The zero-order chi connectivity index (χ0) is 10.8. The highest BCUT2D eigenvalue weighted by Crippen LogP contribution is 2.12. The average molecular weight is 226 g/mol. The summed E-state index contributed by atoms with van der Waals surface area (Å²) in [6.45, 7) is -0.303. The second-order valence-corrected chi connectivity index (χ2v) is 3.36. The van der Waals surface area contributed by atoms with Gasteiger partial charge >= 0.3 is 5.69 Å². The SMILES string of the molecule is O=c1[nH]c(CO)nn1-c1cccc(Cl)c1. The fourth-order valence-electron chi connectivity index (χ4n) is 1.22. The van der Waals surface area contributed by atoms with Crippen molar-refractivity contribution < 1.29 is 5.11 Å². The van der Waals surface area contributed by atoms with Gasteiger partial charge in [-0.05, 0) is 18.2 Å². The van der Waals surface area contributed by atoms with Crippen molar-refractivity contribution in [3.05, 3.63) is 45.6 Å². The van der Waals surface area contributed by atoms with Crippen LogP contribution in [0.1, 0.15) is 5.82 Å². The van der Waals surface area contributed by atoms with Gasteiger partial charge in [0.25, 0.3) is 0 Å². The van der Waals surface area contributed by atoms with Crippen LogP contribution in [0.25, 0.3) is 5.69 Å². The van der Waals surface area contributed by atoms with Crippen LogP contribution in [-0.4, -0.2) is 19.9 Å². The molecule has 0 fully saturated rings. The first-order valence-corrected chi connectivity index (χ1v) is 4.63. The molecular formula is C9H8ClN3O2. The average Bonchev–Trinajstić information content (AvgIpc) is 2.60. The van der Waals surface area contributed by atoms with Crippen molar-refractivity contribution in [1.29, 1.82) is 0 Å². The number of benzene rings is 1. The Balaban J connectivity index is 2.54. The number of nitrogens with zero attached hydrogens (tertiary/aromatic N) is 2. The molecule has 0 saturated carbocycles. The molecule has 2 rings (SSSR count). The number of H-pyrrole nitrogens is 1. The monoisotopic (exact) mass is 225 g/mol. The summed E-state index contributed by atoms with van der Waals surface area (Å²) in [5.74, 6) is 0.222. The molecular weight excluding hydrogens is 218 g/mol. The maximum Gasteiger partial charge on any atom is 0.348 e. The number of aliphatic hydroxyl groups is 1. The predicted octanol–water partition coefficient (Wildman–Crippen LogP) is 0.706. The molecule has 78 valence electrons. The highest BCUT2D eigenvalue weighted by Gasteiger charge is 2.05. The van der Waals surface area contributed by atoms with Gasteiger partial charge in [0, 0.05) is 5.02 Å². The van der Waals surface area contributed by atoms with Crippen molar-refractivity contribution in [2.75, 3.05) is 0 Å². The second kappa shape index (κ2) is 3.88. The molecule has 0 aliphatic carbocycles. The molecule has 1 aromatic carbocycles. The van der Waals surface area contributed by atoms with E-state index in [0.29, 0.717) is 10.7 Å². The van der Waals surface area contributed by atoms with Gasteiger partial charge in [-0.3, -0.25) is 4.98 Å². The lowest BCUT2D eigenvalue weighted by Crippen LogP contribution is -2.15. The van der Waals surface area contributed by atoms with Crippen molar-refractivity contribution in [3.8, 4) is 5.69 Å². The Kier molecular flexibility index (Phi) is 2.57. The van der Waals surface area contributed by atoms with Crippen LogP contribution in [0.4, 0.5) is 0 Å². The summed E-state index contributed by atoms with van der Waals surface area (Å²) in [5.41, 5.74) is 0.157. The fraction of sp³-hybridized carbons (Fsp3) is 0.111. The number of aliphatic hydroxyl groups excluding tert-OH is 1. The van der Waals surface area contributed by atoms with Crippen LogP contribution in [0.3, 0.4) is 0 Å². The quantitative estimate of drug-likeness (QED) is 0.791. The normalized spacial score (nSPS) is 10.5. The predicted molar refractivity (Wildman–Crippen MR) is 55.1 cm³/mol. The Bertz CT molecular complexity index is 532. The van der Waals surface area contributed by atoms with Gasteiger partial charge < -0.3 is 5.11 Å². The van der Waals surface area contributed by atoms with Gasteiger partial charge in [0.05, 0.1) is 5.69 Å². The molecule has 0 aliphatic rings. The molecule has 1 heterocycles. The van der Waals surface area contributed by atoms with Crippen LogP contribution in [0.15, 0.2) is 29.1 Å². The third-order valence-electron chi connectivity index (χ3n) is 1.87. The number of nitrogens with one attached hydrogen (secondary N) is 1. The molecule has 0 radical (unpaired) electrons. The highest BCUT2D eigenvalue weighted by molar-refractivity contribution is 6.30. The number of rotatable bonds is 2. The minimum atomic E-state index is -0.402. The van der Waals surface area contributed by atoms with Crippen LogP contribution in [0.5, 0.6) is 0 Å². The van der Waals surface area contributed by atoms with E-state index in [1.165, 1.54) is 0 Å². The van der Waals surface area contributed by atoms with Crippen molar-refractivity contribution in [1.82, 2.24) is 14.8 Å². The molecule has 0 saturated heterocycles. The lowest BCUT2D eigenvalue weighted by molar-refractivity contribution is 0.271. The Hall–Kier alpha value is -1.59. The summed E-state index contributed by atoms with van der Waals surface area (Å²) >= 11 is 5.79. The Morgan fingerprint density at radius 3 is 2.93 bits per heavy atom.